The molecule has 5 nitrogen and oxygen atoms in total. The molecule has 25 heavy (non-hydrogen) atoms. The van der Waals surface area contributed by atoms with Crippen molar-refractivity contribution in [2.75, 3.05) is 46.4 Å². The molecular formula is C20H32N2O3. The molecule has 0 spiro atoms. The van der Waals surface area contributed by atoms with Gasteiger partial charge in [0.2, 0.25) is 0 Å². The van der Waals surface area contributed by atoms with Gasteiger partial charge in [0.15, 0.2) is 11.5 Å². The van der Waals surface area contributed by atoms with Crippen LogP contribution in [0.2, 0.25) is 0 Å². The molecule has 2 aliphatic rings. The summed E-state index contributed by atoms with van der Waals surface area (Å²) in [4.78, 5) is 4.87. The van der Waals surface area contributed by atoms with Crippen molar-refractivity contribution in [3.05, 3.63) is 23.8 Å². The van der Waals surface area contributed by atoms with Crippen molar-refractivity contribution in [3.63, 3.8) is 0 Å². The molecule has 2 fully saturated rings. The number of aliphatic hydroxyl groups is 1. The highest BCUT2D eigenvalue weighted by atomic mass is 16.5. The van der Waals surface area contributed by atoms with Crippen LogP contribution >= 0.6 is 0 Å². The zero-order chi connectivity index (χ0) is 17.5. The third-order valence-electron chi connectivity index (χ3n) is 5.29. The van der Waals surface area contributed by atoms with E-state index in [9.17, 15) is 5.11 Å². The molecule has 1 N–H and O–H groups in total. The molecule has 0 bridgehead atoms. The first kappa shape index (κ1) is 18.5. The number of likely N-dealkylation sites (tertiary alicyclic amines) is 2. The van der Waals surface area contributed by atoms with Gasteiger partial charge in [0.25, 0.3) is 0 Å². The topological polar surface area (TPSA) is 45.2 Å². The minimum absolute atomic E-state index is 0.133. The lowest BCUT2D eigenvalue weighted by atomic mass is 10.2. The van der Waals surface area contributed by atoms with Crippen LogP contribution in [0.25, 0.3) is 0 Å². The largest absolute Gasteiger partial charge is 0.493 e. The molecule has 3 rings (SSSR count). The van der Waals surface area contributed by atoms with Gasteiger partial charge in [-0.15, -0.1) is 0 Å². The number of nitrogens with zero attached hydrogens (tertiary/aromatic N) is 2. The quantitative estimate of drug-likeness (QED) is 0.820. The molecule has 0 aliphatic carbocycles. The van der Waals surface area contributed by atoms with Crippen molar-refractivity contribution in [3.8, 4) is 11.5 Å². The minimum Gasteiger partial charge on any atom is -0.493 e. The average Bonchev–Trinajstić information content (AvgIpc) is 3.05. The highest BCUT2D eigenvalue weighted by Gasteiger charge is 2.16. The van der Waals surface area contributed by atoms with E-state index in [1.807, 2.05) is 6.07 Å². The molecule has 2 saturated heterocycles. The summed E-state index contributed by atoms with van der Waals surface area (Å²) >= 11 is 0. The van der Waals surface area contributed by atoms with E-state index in [2.05, 4.69) is 21.9 Å². The van der Waals surface area contributed by atoms with Crippen LogP contribution in [0.15, 0.2) is 18.2 Å². The first-order valence-corrected chi connectivity index (χ1v) is 9.67. The Morgan fingerprint density at radius 1 is 1.00 bits per heavy atom. The summed E-state index contributed by atoms with van der Waals surface area (Å²) in [5.74, 6) is 1.64. The highest BCUT2D eigenvalue weighted by molar-refractivity contribution is 5.43. The second-order valence-electron chi connectivity index (χ2n) is 7.24. The Morgan fingerprint density at radius 2 is 1.80 bits per heavy atom. The molecule has 140 valence electrons. The third-order valence-corrected chi connectivity index (χ3v) is 5.29. The zero-order valence-electron chi connectivity index (χ0n) is 15.5. The van der Waals surface area contributed by atoms with Crippen molar-refractivity contribution in [2.45, 2.75) is 44.8 Å². The van der Waals surface area contributed by atoms with E-state index in [1.165, 1.54) is 31.5 Å². The molecule has 1 unspecified atom stereocenters. The van der Waals surface area contributed by atoms with E-state index >= 15 is 0 Å². The molecular weight excluding hydrogens is 316 g/mol. The Morgan fingerprint density at radius 3 is 2.60 bits per heavy atom. The molecule has 0 saturated carbocycles. The normalized spacial score (nSPS) is 22.7. The van der Waals surface area contributed by atoms with Gasteiger partial charge in [-0.25, -0.2) is 0 Å². The van der Waals surface area contributed by atoms with Crippen LogP contribution in [-0.4, -0.2) is 67.5 Å². The second-order valence-corrected chi connectivity index (χ2v) is 7.24. The molecule has 0 aromatic heterocycles. The van der Waals surface area contributed by atoms with E-state index in [1.54, 1.807) is 7.11 Å². The van der Waals surface area contributed by atoms with Gasteiger partial charge in [-0.3, -0.25) is 9.80 Å². The lowest BCUT2D eigenvalue weighted by Gasteiger charge is -2.21. The van der Waals surface area contributed by atoms with E-state index < -0.39 is 0 Å². The van der Waals surface area contributed by atoms with Gasteiger partial charge in [-0.2, -0.15) is 0 Å². The van der Waals surface area contributed by atoms with Crippen molar-refractivity contribution < 1.29 is 14.6 Å². The van der Waals surface area contributed by atoms with Crippen LogP contribution in [0.4, 0.5) is 0 Å². The summed E-state index contributed by atoms with van der Waals surface area (Å²) in [6.07, 6.45) is 5.34. The Balaban J connectivity index is 1.53. The lowest BCUT2D eigenvalue weighted by molar-refractivity contribution is 0.154. The van der Waals surface area contributed by atoms with Gasteiger partial charge in [-0.1, -0.05) is 6.07 Å². The maximum absolute atomic E-state index is 9.79. The summed E-state index contributed by atoms with van der Waals surface area (Å²) in [6, 6.07) is 6.26. The summed E-state index contributed by atoms with van der Waals surface area (Å²) in [7, 11) is 1.70. The van der Waals surface area contributed by atoms with E-state index in [-0.39, 0.29) is 6.10 Å². The first-order valence-electron chi connectivity index (χ1n) is 9.67. The second kappa shape index (κ2) is 9.41. The van der Waals surface area contributed by atoms with Crippen LogP contribution < -0.4 is 9.47 Å². The summed E-state index contributed by atoms with van der Waals surface area (Å²) < 4.78 is 11.5. The van der Waals surface area contributed by atoms with Gasteiger partial charge in [-0.05, 0) is 69.4 Å². The standard InChI is InChI=1S/C20H32N2O3/c1-24-20-15-17(16-22-11-4-5-18(23)8-12-22)6-7-19(20)25-14-13-21-9-2-3-10-21/h6-7,15,18,23H,2-5,8-14,16H2,1H3. The number of aliphatic hydroxyl groups excluding tert-OH is 1. The predicted octanol–water partition coefficient (Wildman–Crippen LogP) is 2.52. The summed E-state index contributed by atoms with van der Waals surface area (Å²) in [5.41, 5.74) is 1.24. The van der Waals surface area contributed by atoms with Crippen LogP contribution in [0.3, 0.4) is 0 Å². The SMILES string of the molecule is COc1cc(CN2CCCC(O)CC2)ccc1OCCN1CCCC1. The number of benzene rings is 1. The van der Waals surface area contributed by atoms with Gasteiger partial charge in [0, 0.05) is 19.6 Å². The molecule has 0 amide bonds. The smallest absolute Gasteiger partial charge is 0.161 e. The van der Waals surface area contributed by atoms with Crippen molar-refractivity contribution in [2.24, 2.45) is 0 Å². The number of ether oxygens (including phenoxy) is 2. The molecule has 0 radical (unpaired) electrons. The number of methoxy groups -OCH3 is 1. The summed E-state index contributed by atoms with van der Waals surface area (Å²) in [6.45, 7) is 7.00. The molecule has 2 heterocycles. The number of hydrogen-bond acceptors (Lipinski definition) is 5. The number of rotatable bonds is 7. The third kappa shape index (κ3) is 5.59. The molecule has 1 aromatic rings. The summed E-state index contributed by atoms with van der Waals surface area (Å²) in [5, 5.41) is 9.79. The Bertz CT molecular complexity index is 532. The van der Waals surface area contributed by atoms with Crippen molar-refractivity contribution in [1.29, 1.82) is 0 Å². The molecule has 1 atom stereocenters. The minimum atomic E-state index is -0.133. The van der Waals surface area contributed by atoms with E-state index in [0.29, 0.717) is 6.61 Å². The van der Waals surface area contributed by atoms with Crippen molar-refractivity contribution in [1.82, 2.24) is 9.80 Å². The van der Waals surface area contributed by atoms with Gasteiger partial charge >= 0.3 is 0 Å². The van der Waals surface area contributed by atoms with E-state index in [0.717, 1.165) is 56.9 Å². The van der Waals surface area contributed by atoms with Crippen LogP contribution in [-0.2, 0) is 6.54 Å². The molecule has 2 aliphatic heterocycles. The molecule has 5 heteroatoms. The fourth-order valence-electron chi connectivity index (χ4n) is 3.78. The Hall–Kier alpha value is -1.30. The predicted molar refractivity (Wildman–Crippen MR) is 99.3 cm³/mol. The highest BCUT2D eigenvalue weighted by Crippen LogP contribution is 2.29. The van der Waals surface area contributed by atoms with Gasteiger partial charge in [0.05, 0.1) is 13.2 Å². The maximum atomic E-state index is 9.79. The maximum Gasteiger partial charge on any atom is 0.161 e. The van der Waals surface area contributed by atoms with E-state index in [4.69, 9.17) is 9.47 Å². The van der Waals surface area contributed by atoms with Crippen molar-refractivity contribution >= 4 is 0 Å². The lowest BCUT2D eigenvalue weighted by Crippen LogP contribution is -2.25. The molecule has 1 aromatic carbocycles. The number of hydrogen-bond donors (Lipinski definition) is 1. The van der Waals surface area contributed by atoms with Crippen LogP contribution in [0.5, 0.6) is 11.5 Å². The van der Waals surface area contributed by atoms with Crippen LogP contribution in [0, 0.1) is 0 Å². The monoisotopic (exact) mass is 348 g/mol. The zero-order valence-corrected chi connectivity index (χ0v) is 15.5. The first-order chi connectivity index (χ1) is 12.2. The fraction of sp³-hybridized carbons (Fsp3) is 0.700. The Labute approximate surface area is 151 Å². The van der Waals surface area contributed by atoms with Gasteiger partial charge < -0.3 is 14.6 Å². The van der Waals surface area contributed by atoms with Crippen LogP contribution in [0.1, 0.15) is 37.7 Å². The Kier molecular flexibility index (Phi) is 6.96. The average molecular weight is 348 g/mol. The van der Waals surface area contributed by atoms with Gasteiger partial charge in [0.1, 0.15) is 6.61 Å². The fourth-order valence-corrected chi connectivity index (χ4v) is 3.78.